The highest BCUT2D eigenvalue weighted by Gasteiger charge is 2.02. The lowest BCUT2D eigenvalue weighted by Crippen LogP contribution is -2.34. The molecule has 1 atom stereocenters. The number of ether oxygens (including phenoxy) is 1. The average Bonchev–Trinajstić information content (AvgIpc) is 2.29. The van der Waals surface area contributed by atoms with Crippen LogP contribution in [0.1, 0.15) is 20.3 Å². The lowest BCUT2D eigenvalue weighted by Gasteiger charge is -2.14. The number of anilines is 1. The summed E-state index contributed by atoms with van der Waals surface area (Å²) in [5.74, 6) is 5.99. The monoisotopic (exact) mass is 239 g/mol. The van der Waals surface area contributed by atoms with Gasteiger partial charge in [-0.3, -0.25) is 0 Å². The van der Waals surface area contributed by atoms with Crippen LogP contribution in [0.3, 0.4) is 0 Å². The molecule has 1 unspecified atom stereocenters. The third-order valence-corrected chi connectivity index (χ3v) is 2.36. The van der Waals surface area contributed by atoms with Crippen molar-refractivity contribution < 1.29 is 4.74 Å². The van der Waals surface area contributed by atoms with Crippen molar-refractivity contribution in [2.24, 2.45) is 5.84 Å². The summed E-state index contributed by atoms with van der Waals surface area (Å²) < 4.78 is 5.68. The van der Waals surface area contributed by atoms with Gasteiger partial charge >= 0.3 is 0 Å². The Kier molecular flexibility index (Phi) is 5.01. The lowest BCUT2D eigenvalue weighted by atomic mass is 10.3. The molecule has 0 heterocycles. The topological polar surface area (TPSA) is 59.3 Å². The van der Waals surface area contributed by atoms with Gasteiger partial charge in [0.2, 0.25) is 0 Å². The standard InChI is InChI=1S/C11H17N3OS/c1-3-8(2)15-10-6-4-5-9(7-10)13-11(16)14-12/h4-8H,3,12H2,1-2H3,(H2,13,14,16). The summed E-state index contributed by atoms with van der Waals surface area (Å²) in [5, 5.41) is 3.31. The Labute approximate surface area is 101 Å². The number of hydrogen-bond donors (Lipinski definition) is 3. The summed E-state index contributed by atoms with van der Waals surface area (Å²) in [5.41, 5.74) is 3.22. The van der Waals surface area contributed by atoms with Crippen LogP contribution in [0.25, 0.3) is 0 Å². The van der Waals surface area contributed by atoms with Gasteiger partial charge in [0.05, 0.1) is 6.10 Å². The molecule has 4 nitrogen and oxygen atoms in total. The highest BCUT2D eigenvalue weighted by atomic mass is 32.1. The molecule has 0 aromatic heterocycles. The van der Waals surface area contributed by atoms with E-state index in [0.717, 1.165) is 17.9 Å². The molecule has 0 saturated heterocycles. The maximum Gasteiger partial charge on any atom is 0.185 e. The van der Waals surface area contributed by atoms with Gasteiger partial charge < -0.3 is 15.5 Å². The molecule has 1 aromatic carbocycles. The highest BCUT2D eigenvalue weighted by molar-refractivity contribution is 7.80. The largest absolute Gasteiger partial charge is 0.491 e. The van der Waals surface area contributed by atoms with Crippen LogP contribution in [0.2, 0.25) is 0 Å². The van der Waals surface area contributed by atoms with Crippen LogP contribution in [-0.4, -0.2) is 11.2 Å². The number of thiocarbonyl (C=S) groups is 1. The minimum Gasteiger partial charge on any atom is -0.491 e. The molecule has 0 spiro atoms. The first kappa shape index (κ1) is 12.7. The maximum atomic E-state index is 5.68. The smallest absolute Gasteiger partial charge is 0.185 e. The van der Waals surface area contributed by atoms with Crippen molar-refractivity contribution in [2.45, 2.75) is 26.4 Å². The van der Waals surface area contributed by atoms with Crippen LogP contribution in [0, 0.1) is 0 Å². The first-order valence-corrected chi connectivity index (χ1v) is 5.60. The van der Waals surface area contributed by atoms with E-state index >= 15 is 0 Å². The molecule has 5 heteroatoms. The fourth-order valence-corrected chi connectivity index (χ4v) is 1.25. The fraction of sp³-hybridized carbons (Fsp3) is 0.364. The van der Waals surface area contributed by atoms with Crippen molar-refractivity contribution in [1.29, 1.82) is 0 Å². The maximum absolute atomic E-state index is 5.68. The number of hydrazine groups is 1. The van der Waals surface area contributed by atoms with E-state index in [2.05, 4.69) is 17.7 Å². The predicted octanol–water partition coefficient (Wildman–Crippen LogP) is 2.02. The van der Waals surface area contributed by atoms with Gasteiger partial charge in [-0.1, -0.05) is 13.0 Å². The molecule has 0 radical (unpaired) electrons. The summed E-state index contributed by atoms with van der Waals surface area (Å²) in [6, 6.07) is 7.60. The van der Waals surface area contributed by atoms with Crippen LogP contribution in [0.5, 0.6) is 5.75 Å². The zero-order chi connectivity index (χ0) is 12.0. The van der Waals surface area contributed by atoms with Crippen LogP contribution in [-0.2, 0) is 0 Å². The molecule has 0 aliphatic carbocycles. The number of hydrogen-bond acceptors (Lipinski definition) is 3. The Bertz CT molecular complexity index is 357. The van der Waals surface area contributed by atoms with E-state index in [-0.39, 0.29) is 6.10 Å². The van der Waals surface area contributed by atoms with Crippen LogP contribution >= 0.6 is 12.2 Å². The number of nitrogens with two attached hydrogens (primary N) is 1. The van der Waals surface area contributed by atoms with Crippen LogP contribution < -0.4 is 21.3 Å². The molecule has 0 fully saturated rings. The molecular weight excluding hydrogens is 222 g/mol. The van der Waals surface area contributed by atoms with Crippen LogP contribution in [0.4, 0.5) is 5.69 Å². The average molecular weight is 239 g/mol. The summed E-state index contributed by atoms with van der Waals surface area (Å²) in [4.78, 5) is 0. The van der Waals surface area contributed by atoms with Crippen LogP contribution in [0.15, 0.2) is 24.3 Å². The fourth-order valence-electron chi connectivity index (χ4n) is 1.13. The Morgan fingerprint density at radius 2 is 2.31 bits per heavy atom. The summed E-state index contributed by atoms with van der Waals surface area (Å²) in [6.07, 6.45) is 1.18. The van der Waals surface area contributed by atoms with Crippen molar-refractivity contribution in [3.8, 4) is 5.75 Å². The summed E-state index contributed by atoms with van der Waals surface area (Å²) >= 11 is 4.90. The van der Waals surface area contributed by atoms with E-state index in [4.69, 9.17) is 22.8 Å². The van der Waals surface area contributed by atoms with E-state index in [0.29, 0.717) is 5.11 Å². The SMILES string of the molecule is CCC(C)Oc1cccc(NC(=S)NN)c1. The van der Waals surface area contributed by atoms with E-state index in [1.807, 2.05) is 31.2 Å². The minimum atomic E-state index is 0.204. The second kappa shape index (κ2) is 6.30. The highest BCUT2D eigenvalue weighted by Crippen LogP contribution is 2.19. The summed E-state index contributed by atoms with van der Waals surface area (Å²) in [6.45, 7) is 4.12. The van der Waals surface area contributed by atoms with Gasteiger partial charge in [0.25, 0.3) is 0 Å². The van der Waals surface area contributed by atoms with E-state index in [1.54, 1.807) is 0 Å². The van der Waals surface area contributed by atoms with Crippen molar-refractivity contribution in [1.82, 2.24) is 5.43 Å². The van der Waals surface area contributed by atoms with Gasteiger partial charge in [-0.25, -0.2) is 5.84 Å². The number of rotatable bonds is 4. The molecule has 0 saturated carbocycles. The zero-order valence-electron chi connectivity index (χ0n) is 9.49. The van der Waals surface area contributed by atoms with Crippen molar-refractivity contribution in [3.63, 3.8) is 0 Å². The predicted molar refractivity (Wildman–Crippen MR) is 70.4 cm³/mol. The lowest BCUT2D eigenvalue weighted by molar-refractivity contribution is 0.217. The molecule has 1 aromatic rings. The Hall–Kier alpha value is -1.33. The molecule has 88 valence electrons. The Balaban J connectivity index is 2.67. The Morgan fingerprint density at radius 3 is 2.94 bits per heavy atom. The van der Waals surface area contributed by atoms with Gasteiger partial charge in [-0.2, -0.15) is 0 Å². The van der Waals surface area contributed by atoms with E-state index in [1.165, 1.54) is 0 Å². The molecule has 4 N–H and O–H groups in total. The van der Waals surface area contributed by atoms with Gasteiger partial charge in [0.15, 0.2) is 5.11 Å². The normalized spacial score (nSPS) is 11.7. The molecule has 0 aliphatic heterocycles. The van der Waals surface area contributed by atoms with E-state index < -0.39 is 0 Å². The molecular formula is C11H17N3OS. The number of benzene rings is 1. The first-order chi connectivity index (χ1) is 7.65. The van der Waals surface area contributed by atoms with Gasteiger partial charge in [-0.05, 0) is 37.7 Å². The first-order valence-electron chi connectivity index (χ1n) is 5.20. The third-order valence-electron chi connectivity index (χ3n) is 2.14. The van der Waals surface area contributed by atoms with Crippen molar-refractivity contribution in [3.05, 3.63) is 24.3 Å². The molecule has 0 aliphatic rings. The van der Waals surface area contributed by atoms with Gasteiger partial charge in [0.1, 0.15) is 5.75 Å². The second-order valence-corrected chi connectivity index (χ2v) is 3.87. The second-order valence-electron chi connectivity index (χ2n) is 3.46. The third kappa shape index (κ3) is 4.04. The quantitative estimate of drug-likeness (QED) is 0.426. The minimum absolute atomic E-state index is 0.204. The molecule has 16 heavy (non-hydrogen) atoms. The molecule has 0 bridgehead atoms. The van der Waals surface area contributed by atoms with Crippen molar-refractivity contribution >= 4 is 23.0 Å². The van der Waals surface area contributed by atoms with Crippen molar-refractivity contribution in [2.75, 3.05) is 5.32 Å². The number of nitrogens with one attached hydrogen (secondary N) is 2. The Morgan fingerprint density at radius 1 is 1.56 bits per heavy atom. The van der Waals surface area contributed by atoms with E-state index in [9.17, 15) is 0 Å². The summed E-state index contributed by atoms with van der Waals surface area (Å²) in [7, 11) is 0. The van der Waals surface area contributed by atoms with Gasteiger partial charge in [0, 0.05) is 11.8 Å². The molecule has 0 amide bonds. The molecule has 1 rings (SSSR count). The zero-order valence-corrected chi connectivity index (χ0v) is 10.3. The van der Waals surface area contributed by atoms with Gasteiger partial charge in [-0.15, -0.1) is 0 Å².